The lowest BCUT2D eigenvalue weighted by Gasteiger charge is -2.24. The maximum Gasteiger partial charge on any atom is 0.472 e. The highest BCUT2D eigenvalue weighted by molar-refractivity contribution is 7.47. The SMILES string of the molecule is CC/C=C\C/C=C\C/C=C\C/C=C\C/C=C\C/C=C\CCCCCCCCCCCCCCCCCCC(=O)OC(COC(=O)CCCCCCCCCC/C=C\C/C=C\C/C=C\C/C=C\C/C=C\C/C=C\CC)COP(=O)(O)OCC[N+](C)(C)C. The van der Waals surface area contributed by atoms with E-state index in [1.165, 1.54) is 109 Å². The molecule has 2 atom stereocenters. The molecular weight excluding hydrogens is 1090 g/mol. The normalized spacial score (nSPS) is 14.1. The third kappa shape index (κ3) is 69.0. The Morgan fingerprint density at radius 2 is 0.628 bits per heavy atom. The topological polar surface area (TPSA) is 108 Å². The molecule has 0 aromatic carbocycles. The van der Waals surface area contributed by atoms with Crippen molar-refractivity contribution in [2.45, 2.75) is 277 Å². The van der Waals surface area contributed by atoms with Gasteiger partial charge in [0.25, 0.3) is 0 Å². The molecule has 0 aliphatic rings. The molecule has 1 N–H and O–H groups in total. The summed E-state index contributed by atoms with van der Waals surface area (Å²) in [6, 6.07) is 0. The molecule has 86 heavy (non-hydrogen) atoms. The summed E-state index contributed by atoms with van der Waals surface area (Å²) in [6.45, 7) is 4.20. The van der Waals surface area contributed by atoms with E-state index in [-0.39, 0.29) is 32.0 Å². The van der Waals surface area contributed by atoms with Gasteiger partial charge in [-0.05, 0) is 116 Å². The van der Waals surface area contributed by atoms with E-state index in [0.29, 0.717) is 17.4 Å². The van der Waals surface area contributed by atoms with Gasteiger partial charge in [0, 0.05) is 12.8 Å². The standard InChI is InChI=1S/C76H128NO8P/c1-6-8-10-12-14-16-18-20-22-24-26-28-30-32-34-35-36-37-38-39-40-41-43-45-47-49-51-53-55-57-59-61-63-65-67-69-76(79)85-74(73-84-86(80,81)83-71-70-77(3,4)5)72-82-75(78)68-66-64-62-60-58-56-54-52-50-48-46-44-42-33-31-29-27-25-23-21-19-17-15-13-11-9-7-2/h8-11,14-17,20-23,26-29,32-34,36-37,42,46,48,74H,6-7,12-13,18-19,24-25,30-31,35,38-41,43-45,47,49-73H2,1-5H3/p+1/b10-8-,11-9-,16-14-,17-15-,22-20-,23-21-,28-26-,29-27-,34-32-,37-36-,42-33-,48-46-. The molecule has 490 valence electrons. The average molecular weight is 1220 g/mol. The predicted octanol–water partition coefficient (Wildman–Crippen LogP) is 22.6. The molecule has 0 radical (unpaired) electrons. The summed E-state index contributed by atoms with van der Waals surface area (Å²) in [5, 5.41) is 0. The number of phosphoric acid groups is 1. The van der Waals surface area contributed by atoms with Crippen molar-refractivity contribution >= 4 is 19.8 Å². The average Bonchev–Trinajstić information content (AvgIpc) is 3.56. The number of quaternary nitrogens is 1. The second kappa shape index (κ2) is 65.3. The maximum atomic E-state index is 12.9. The summed E-state index contributed by atoms with van der Waals surface area (Å²) < 4.78 is 34.7. The number of allylic oxidation sites excluding steroid dienone is 24. The fraction of sp³-hybridized carbons (Fsp3) is 0.658. The number of carbonyl (C=O) groups excluding carboxylic acids is 2. The number of phosphoric ester groups is 1. The number of hydrogen-bond acceptors (Lipinski definition) is 7. The van der Waals surface area contributed by atoms with Gasteiger partial charge in [-0.15, -0.1) is 0 Å². The molecular formula is C76H129NO8P+. The Balaban J connectivity index is 4.09. The van der Waals surface area contributed by atoms with E-state index in [1.54, 1.807) is 0 Å². The first-order chi connectivity index (χ1) is 42.0. The van der Waals surface area contributed by atoms with Crippen molar-refractivity contribution in [2.24, 2.45) is 0 Å². The first-order valence-corrected chi connectivity index (χ1v) is 36.1. The zero-order chi connectivity index (χ0) is 62.6. The van der Waals surface area contributed by atoms with E-state index in [1.807, 2.05) is 21.1 Å². The minimum atomic E-state index is -4.40. The Morgan fingerprint density at radius 3 is 0.930 bits per heavy atom. The van der Waals surface area contributed by atoms with Crippen LogP contribution in [-0.4, -0.2) is 74.9 Å². The minimum absolute atomic E-state index is 0.0241. The van der Waals surface area contributed by atoms with Gasteiger partial charge in [-0.2, -0.15) is 0 Å². The van der Waals surface area contributed by atoms with Crippen LogP contribution in [0.1, 0.15) is 271 Å². The third-order valence-corrected chi connectivity index (χ3v) is 15.3. The van der Waals surface area contributed by atoms with Crippen molar-refractivity contribution in [3.63, 3.8) is 0 Å². The number of esters is 2. The van der Waals surface area contributed by atoms with Crippen LogP contribution in [0.15, 0.2) is 146 Å². The number of carbonyl (C=O) groups is 2. The molecule has 0 aliphatic heterocycles. The molecule has 0 saturated heterocycles. The molecule has 2 unspecified atom stereocenters. The van der Waals surface area contributed by atoms with Crippen molar-refractivity contribution in [3.8, 4) is 0 Å². The maximum absolute atomic E-state index is 12.9. The lowest BCUT2D eigenvalue weighted by atomic mass is 10.0. The number of ether oxygens (including phenoxy) is 2. The van der Waals surface area contributed by atoms with Crippen LogP contribution >= 0.6 is 7.82 Å². The smallest absolute Gasteiger partial charge is 0.462 e. The van der Waals surface area contributed by atoms with Gasteiger partial charge in [0.15, 0.2) is 6.10 Å². The summed E-state index contributed by atoms with van der Waals surface area (Å²) in [5.41, 5.74) is 0. The number of likely N-dealkylation sites (N-methyl/N-ethyl adjacent to an activating group) is 1. The lowest BCUT2D eigenvalue weighted by Crippen LogP contribution is -2.37. The molecule has 9 nitrogen and oxygen atoms in total. The molecule has 0 saturated carbocycles. The minimum Gasteiger partial charge on any atom is -0.462 e. The molecule has 0 amide bonds. The Kier molecular flexibility index (Phi) is 62.2. The van der Waals surface area contributed by atoms with Gasteiger partial charge in [0.2, 0.25) is 0 Å². The highest BCUT2D eigenvalue weighted by Crippen LogP contribution is 2.43. The van der Waals surface area contributed by atoms with Gasteiger partial charge in [0.1, 0.15) is 19.8 Å². The van der Waals surface area contributed by atoms with Crippen LogP contribution in [0.2, 0.25) is 0 Å². The molecule has 0 heterocycles. The van der Waals surface area contributed by atoms with E-state index >= 15 is 0 Å². The van der Waals surface area contributed by atoms with Crippen LogP contribution in [0.4, 0.5) is 0 Å². The second-order valence-corrected chi connectivity index (χ2v) is 25.3. The van der Waals surface area contributed by atoms with Crippen LogP contribution in [0.5, 0.6) is 0 Å². The highest BCUT2D eigenvalue weighted by Gasteiger charge is 2.27. The fourth-order valence-corrected chi connectivity index (χ4v) is 9.88. The molecule has 0 aromatic rings. The van der Waals surface area contributed by atoms with Crippen molar-refractivity contribution in [1.82, 2.24) is 0 Å². The number of rotatable bonds is 62. The predicted molar refractivity (Wildman–Crippen MR) is 371 cm³/mol. The van der Waals surface area contributed by atoms with Gasteiger partial charge in [-0.3, -0.25) is 18.6 Å². The van der Waals surface area contributed by atoms with E-state index in [4.69, 9.17) is 18.5 Å². The van der Waals surface area contributed by atoms with Crippen molar-refractivity contribution in [1.29, 1.82) is 0 Å². The summed E-state index contributed by atoms with van der Waals surface area (Å²) in [6.07, 6.45) is 96.5. The van der Waals surface area contributed by atoms with Crippen molar-refractivity contribution in [2.75, 3.05) is 47.5 Å². The highest BCUT2D eigenvalue weighted by atomic mass is 31.2. The monoisotopic (exact) mass is 1210 g/mol. The largest absolute Gasteiger partial charge is 0.472 e. The second-order valence-electron chi connectivity index (χ2n) is 23.8. The van der Waals surface area contributed by atoms with Crippen molar-refractivity contribution in [3.05, 3.63) is 146 Å². The lowest BCUT2D eigenvalue weighted by molar-refractivity contribution is -0.870. The summed E-state index contributed by atoms with van der Waals surface area (Å²) >= 11 is 0. The Morgan fingerprint density at radius 1 is 0.360 bits per heavy atom. The number of nitrogens with zero attached hydrogens (tertiary/aromatic N) is 1. The van der Waals surface area contributed by atoms with Gasteiger partial charge < -0.3 is 18.9 Å². The van der Waals surface area contributed by atoms with Crippen LogP contribution < -0.4 is 0 Å². The molecule has 0 fully saturated rings. The Bertz CT molecular complexity index is 1960. The first-order valence-electron chi connectivity index (χ1n) is 34.6. The zero-order valence-corrected chi connectivity index (χ0v) is 56.6. The molecule has 0 rings (SSSR count). The molecule has 0 bridgehead atoms. The van der Waals surface area contributed by atoms with Gasteiger partial charge >= 0.3 is 19.8 Å². The molecule has 0 aromatic heterocycles. The van der Waals surface area contributed by atoms with E-state index < -0.39 is 26.5 Å². The van der Waals surface area contributed by atoms with Gasteiger partial charge in [-0.1, -0.05) is 288 Å². The Labute approximate surface area is 529 Å². The van der Waals surface area contributed by atoms with E-state index in [0.717, 1.165) is 128 Å². The first kappa shape index (κ1) is 81.9. The third-order valence-electron chi connectivity index (χ3n) is 14.4. The van der Waals surface area contributed by atoms with Crippen LogP contribution in [0.3, 0.4) is 0 Å². The van der Waals surface area contributed by atoms with E-state index in [9.17, 15) is 19.0 Å². The molecule has 0 spiro atoms. The zero-order valence-electron chi connectivity index (χ0n) is 55.7. The number of unbranched alkanes of at least 4 members (excludes halogenated alkanes) is 24. The molecule has 0 aliphatic carbocycles. The number of hydrogen-bond donors (Lipinski definition) is 1. The van der Waals surface area contributed by atoms with Gasteiger partial charge in [0.05, 0.1) is 27.7 Å². The van der Waals surface area contributed by atoms with Crippen LogP contribution in [-0.2, 0) is 32.7 Å². The Hall–Kier alpha value is -4.11. The summed E-state index contributed by atoms with van der Waals surface area (Å²) in [7, 11) is 1.46. The van der Waals surface area contributed by atoms with E-state index in [2.05, 4.69) is 160 Å². The fourth-order valence-electron chi connectivity index (χ4n) is 9.14. The summed E-state index contributed by atoms with van der Waals surface area (Å²) in [4.78, 5) is 35.9. The van der Waals surface area contributed by atoms with Crippen molar-refractivity contribution < 1.29 is 42.1 Å². The molecule has 10 heteroatoms. The van der Waals surface area contributed by atoms with Crippen LogP contribution in [0, 0.1) is 0 Å². The quantitative estimate of drug-likeness (QED) is 0.0211. The van der Waals surface area contributed by atoms with Crippen LogP contribution in [0.25, 0.3) is 0 Å². The van der Waals surface area contributed by atoms with Gasteiger partial charge in [-0.25, -0.2) is 4.57 Å². The summed E-state index contributed by atoms with van der Waals surface area (Å²) in [5.74, 6) is -0.809.